The molecule has 4 heteroatoms. The number of rotatable bonds is 2. The highest BCUT2D eigenvalue weighted by Crippen LogP contribution is 2.33. The van der Waals surface area contributed by atoms with Crippen molar-refractivity contribution in [3.05, 3.63) is 28.7 Å². The van der Waals surface area contributed by atoms with Gasteiger partial charge in [-0.25, -0.2) is 0 Å². The Morgan fingerprint density at radius 2 is 2.11 bits per heavy atom. The third-order valence-electron chi connectivity index (χ3n) is 4.00. The molecule has 1 unspecified atom stereocenters. The molecule has 0 amide bonds. The van der Waals surface area contributed by atoms with Gasteiger partial charge in [-0.2, -0.15) is 5.26 Å². The SMILES string of the molecule is CN1CC(CC#N)N(c2ccccc2Br)CC1(C)C. The lowest BCUT2D eigenvalue weighted by molar-refractivity contribution is 0.115. The molecule has 3 nitrogen and oxygen atoms in total. The first kappa shape index (κ1) is 14.4. The molecule has 1 atom stereocenters. The van der Waals surface area contributed by atoms with Crippen LogP contribution in [0.3, 0.4) is 0 Å². The molecular formula is C15H20BrN3. The number of piperazine rings is 1. The van der Waals surface area contributed by atoms with Crippen molar-refractivity contribution in [1.82, 2.24) is 4.90 Å². The van der Waals surface area contributed by atoms with Gasteiger partial charge >= 0.3 is 0 Å². The number of nitrogens with zero attached hydrogens (tertiary/aromatic N) is 3. The van der Waals surface area contributed by atoms with Crippen LogP contribution >= 0.6 is 15.9 Å². The Labute approximate surface area is 123 Å². The largest absolute Gasteiger partial charge is 0.363 e. The number of halogens is 1. The van der Waals surface area contributed by atoms with Crippen molar-refractivity contribution >= 4 is 21.6 Å². The molecule has 0 aromatic heterocycles. The zero-order chi connectivity index (χ0) is 14.0. The molecule has 1 aromatic rings. The summed E-state index contributed by atoms with van der Waals surface area (Å²) in [5, 5.41) is 9.06. The van der Waals surface area contributed by atoms with E-state index >= 15 is 0 Å². The quantitative estimate of drug-likeness (QED) is 0.837. The van der Waals surface area contributed by atoms with Crippen molar-refractivity contribution in [2.45, 2.75) is 31.8 Å². The molecule has 0 aliphatic carbocycles. The summed E-state index contributed by atoms with van der Waals surface area (Å²) < 4.78 is 1.10. The summed E-state index contributed by atoms with van der Waals surface area (Å²) in [7, 11) is 2.14. The van der Waals surface area contributed by atoms with Gasteiger partial charge in [-0.1, -0.05) is 12.1 Å². The maximum absolute atomic E-state index is 9.06. The van der Waals surface area contributed by atoms with Gasteiger partial charge in [-0.05, 0) is 49.0 Å². The molecule has 1 aliphatic rings. The number of para-hydroxylation sites is 1. The van der Waals surface area contributed by atoms with E-state index in [9.17, 15) is 0 Å². The van der Waals surface area contributed by atoms with Gasteiger partial charge in [0, 0.05) is 23.1 Å². The first-order valence-electron chi connectivity index (χ1n) is 6.55. The third-order valence-corrected chi connectivity index (χ3v) is 4.68. The summed E-state index contributed by atoms with van der Waals surface area (Å²) in [6, 6.07) is 10.8. The maximum atomic E-state index is 9.06. The van der Waals surface area contributed by atoms with Crippen LogP contribution in [0.2, 0.25) is 0 Å². The Morgan fingerprint density at radius 3 is 2.74 bits per heavy atom. The van der Waals surface area contributed by atoms with Crippen LogP contribution in [0.4, 0.5) is 5.69 Å². The first-order valence-corrected chi connectivity index (χ1v) is 7.34. The van der Waals surface area contributed by atoms with Crippen molar-refractivity contribution < 1.29 is 0 Å². The molecule has 102 valence electrons. The minimum absolute atomic E-state index is 0.112. The number of anilines is 1. The second-order valence-electron chi connectivity index (χ2n) is 5.79. The van der Waals surface area contributed by atoms with Crippen molar-refractivity contribution in [2.24, 2.45) is 0 Å². The van der Waals surface area contributed by atoms with E-state index < -0.39 is 0 Å². The topological polar surface area (TPSA) is 30.3 Å². The normalized spacial score (nSPS) is 23.1. The third kappa shape index (κ3) is 2.93. The van der Waals surface area contributed by atoms with Crippen LogP contribution < -0.4 is 4.90 Å². The fraction of sp³-hybridized carbons (Fsp3) is 0.533. The number of nitriles is 1. The molecule has 0 radical (unpaired) electrons. The lowest BCUT2D eigenvalue weighted by Crippen LogP contribution is -2.62. The van der Waals surface area contributed by atoms with E-state index in [4.69, 9.17) is 5.26 Å². The molecule has 1 heterocycles. The Kier molecular flexibility index (Phi) is 4.17. The molecule has 1 fully saturated rings. The minimum Gasteiger partial charge on any atom is -0.363 e. The molecule has 1 saturated heterocycles. The average molecular weight is 322 g/mol. The number of benzene rings is 1. The van der Waals surface area contributed by atoms with Gasteiger partial charge in [0.2, 0.25) is 0 Å². The van der Waals surface area contributed by atoms with Gasteiger partial charge in [0.1, 0.15) is 0 Å². The van der Waals surface area contributed by atoms with Crippen molar-refractivity contribution in [3.63, 3.8) is 0 Å². The molecule has 0 bridgehead atoms. The summed E-state index contributed by atoms with van der Waals surface area (Å²) in [5.41, 5.74) is 1.30. The van der Waals surface area contributed by atoms with Gasteiger partial charge in [0.05, 0.1) is 24.2 Å². The van der Waals surface area contributed by atoms with Crippen molar-refractivity contribution in [3.8, 4) is 6.07 Å². The number of likely N-dealkylation sites (N-methyl/N-ethyl adjacent to an activating group) is 1. The average Bonchev–Trinajstić information content (AvgIpc) is 2.35. The van der Waals surface area contributed by atoms with Crippen LogP contribution in [0.15, 0.2) is 28.7 Å². The van der Waals surface area contributed by atoms with Gasteiger partial charge in [0.15, 0.2) is 0 Å². The molecule has 2 rings (SSSR count). The van der Waals surface area contributed by atoms with Crippen LogP contribution in [0.1, 0.15) is 20.3 Å². The van der Waals surface area contributed by atoms with Gasteiger partial charge in [-0.3, -0.25) is 4.90 Å². The van der Waals surface area contributed by atoms with Crippen molar-refractivity contribution in [1.29, 1.82) is 5.26 Å². The predicted octanol–water partition coefficient (Wildman–Crippen LogP) is 3.26. The predicted molar refractivity (Wildman–Crippen MR) is 82.2 cm³/mol. The van der Waals surface area contributed by atoms with Crippen LogP contribution in [0, 0.1) is 11.3 Å². The molecule has 19 heavy (non-hydrogen) atoms. The fourth-order valence-corrected chi connectivity index (χ4v) is 3.09. The number of hydrogen-bond acceptors (Lipinski definition) is 3. The van der Waals surface area contributed by atoms with Crippen molar-refractivity contribution in [2.75, 3.05) is 25.0 Å². The van der Waals surface area contributed by atoms with E-state index in [-0.39, 0.29) is 11.6 Å². The van der Waals surface area contributed by atoms with Crippen LogP contribution in [0.25, 0.3) is 0 Å². The molecule has 1 aromatic carbocycles. The smallest absolute Gasteiger partial charge is 0.0643 e. The number of hydrogen-bond donors (Lipinski definition) is 0. The van der Waals surface area contributed by atoms with E-state index in [0.717, 1.165) is 17.6 Å². The lowest BCUT2D eigenvalue weighted by Gasteiger charge is -2.50. The van der Waals surface area contributed by atoms with E-state index in [1.807, 2.05) is 6.07 Å². The van der Waals surface area contributed by atoms with E-state index in [1.165, 1.54) is 5.69 Å². The Hall–Kier alpha value is -1.05. The Balaban J connectivity index is 2.34. The van der Waals surface area contributed by atoms with Gasteiger partial charge < -0.3 is 4.90 Å². The second-order valence-corrected chi connectivity index (χ2v) is 6.64. The van der Waals surface area contributed by atoms with E-state index in [1.54, 1.807) is 0 Å². The molecule has 0 spiro atoms. The summed E-state index contributed by atoms with van der Waals surface area (Å²) in [6.07, 6.45) is 0.557. The van der Waals surface area contributed by atoms with E-state index in [2.05, 4.69) is 70.9 Å². The maximum Gasteiger partial charge on any atom is 0.0643 e. The van der Waals surface area contributed by atoms with E-state index in [0.29, 0.717) is 6.42 Å². The van der Waals surface area contributed by atoms with Gasteiger partial charge in [-0.15, -0.1) is 0 Å². The van der Waals surface area contributed by atoms with Crippen LogP contribution in [0.5, 0.6) is 0 Å². The zero-order valence-electron chi connectivity index (χ0n) is 11.7. The Morgan fingerprint density at radius 1 is 1.42 bits per heavy atom. The summed E-state index contributed by atoms with van der Waals surface area (Å²) in [4.78, 5) is 4.72. The molecule has 0 saturated carbocycles. The highest BCUT2D eigenvalue weighted by atomic mass is 79.9. The Bertz CT molecular complexity index is 492. The minimum atomic E-state index is 0.112. The second kappa shape index (κ2) is 5.52. The highest BCUT2D eigenvalue weighted by Gasteiger charge is 2.37. The highest BCUT2D eigenvalue weighted by molar-refractivity contribution is 9.10. The molecule has 1 aliphatic heterocycles. The lowest BCUT2D eigenvalue weighted by atomic mass is 9.94. The zero-order valence-corrected chi connectivity index (χ0v) is 13.3. The standard InChI is InChI=1S/C15H20BrN3/c1-15(2)11-19(12(8-9-17)10-18(15)3)14-7-5-4-6-13(14)16/h4-7,12H,8,10-11H2,1-3H3. The summed E-state index contributed by atoms with van der Waals surface area (Å²) in [5.74, 6) is 0. The first-order chi connectivity index (χ1) is 8.95. The monoisotopic (exact) mass is 321 g/mol. The van der Waals surface area contributed by atoms with Crippen LogP contribution in [-0.2, 0) is 0 Å². The molecule has 0 N–H and O–H groups in total. The van der Waals surface area contributed by atoms with Crippen LogP contribution in [-0.4, -0.2) is 36.6 Å². The summed E-state index contributed by atoms with van der Waals surface area (Å²) >= 11 is 3.62. The summed E-state index contributed by atoms with van der Waals surface area (Å²) in [6.45, 7) is 6.35. The fourth-order valence-electron chi connectivity index (χ4n) is 2.58. The molecular weight excluding hydrogens is 302 g/mol. The van der Waals surface area contributed by atoms with Gasteiger partial charge in [0.25, 0.3) is 0 Å².